The summed E-state index contributed by atoms with van der Waals surface area (Å²) in [6, 6.07) is 14.4. The maximum atomic E-state index is 13.1. The molecule has 0 saturated heterocycles. The molecule has 3 atom stereocenters. The Hall–Kier alpha value is -0.902. The number of hydrogen-bond acceptors (Lipinski definition) is 2. The Kier molecular flexibility index (Phi) is 5.33. The third-order valence-electron chi connectivity index (χ3n) is 4.02. The minimum absolute atomic E-state index is 0.0834. The summed E-state index contributed by atoms with van der Waals surface area (Å²) in [5.74, 6) is -0.309. The van der Waals surface area contributed by atoms with Crippen molar-refractivity contribution in [3.8, 4) is 0 Å². The van der Waals surface area contributed by atoms with E-state index < -0.39 is 20.5 Å². The summed E-state index contributed by atoms with van der Waals surface area (Å²) in [6.07, 6.45) is 0. The zero-order valence-electron chi connectivity index (χ0n) is 13.2. The van der Waals surface area contributed by atoms with Gasteiger partial charge in [0.05, 0.1) is 0 Å². The first-order chi connectivity index (χ1) is 11.4. The summed E-state index contributed by atoms with van der Waals surface area (Å²) in [6.45, 7) is 4.06. The minimum atomic E-state index is -0.637. The van der Waals surface area contributed by atoms with Crippen LogP contribution in [0.3, 0.4) is 0 Å². The Morgan fingerprint density at radius 3 is 2.42 bits per heavy atom. The van der Waals surface area contributed by atoms with Gasteiger partial charge in [0, 0.05) is 0 Å². The van der Waals surface area contributed by atoms with Gasteiger partial charge in [0.15, 0.2) is 0 Å². The van der Waals surface area contributed by atoms with Crippen molar-refractivity contribution >= 4 is 53.2 Å². The summed E-state index contributed by atoms with van der Waals surface area (Å²) in [7, 11) is 0. The average Bonchev–Trinajstić information content (AvgIpc) is 2.83. The van der Waals surface area contributed by atoms with Gasteiger partial charge in [-0.25, -0.2) is 0 Å². The molecule has 0 bridgehead atoms. The molecule has 2 aromatic carbocycles. The quantitative estimate of drug-likeness (QED) is 0.613. The number of nitrogens with zero attached hydrogens (tertiary/aromatic N) is 1. The van der Waals surface area contributed by atoms with E-state index in [9.17, 15) is 9.18 Å². The van der Waals surface area contributed by atoms with Crippen molar-refractivity contribution in [2.24, 2.45) is 4.99 Å². The Bertz CT molecular complexity index is 794. The molecule has 0 N–H and O–H groups in total. The fourth-order valence-electron chi connectivity index (χ4n) is 2.49. The molecule has 1 aliphatic heterocycles. The van der Waals surface area contributed by atoms with Gasteiger partial charge in [-0.1, -0.05) is 0 Å². The van der Waals surface area contributed by atoms with Crippen LogP contribution in [0.15, 0.2) is 58.0 Å². The normalized spacial score (nSPS) is 22.2. The van der Waals surface area contributed by atoms with Crippen LogP contribution in [0, 0.1) is 5.82 Å². The van der Waals surface area contributed by atoms with E-state index >= 15 is 0 Å². The number of thioether (sulfide) groups is 1. The molecule has 124 valence electrons. The molecule has 0 spiro atoms. The topological polar surface area (TPSA) is 29.4 Å². The third kappa shape index (κ3) is 3.68. The Labute approximate surface area is 160 Å². The SMILES string of the molecule is CC([AsH]C1=NC(=O)C(C)(c2ccc(Br)cc2)S1)c1ccc(F)cc1. The summed E-state index contributed by atoms with van der Waals surface area (Å²) in [5.41, 5.74) is 2.07. The summed E-state index contributed by atoms with van der Waals surface area (Å²) < 4.78 is 14.7. The predicted molar refractivity (Wildman–Crippen MR) is 103 cm³/mol. The molecule has 24 heavy (non-hydrogen) atoms. The van der Waals surface area contributed by atoms with Crippen LogP contribution in [0.4, 0.5) is 4.39 Å². The second kappa shape index (κ2) is 7.15. The Balaban J connectivity index is 1.75. The average molecular weight is 468 g/mol. The summed E-state index contributed by atoms with van der Waals surface area (Å²) >= 11 is 4.39. The molecule has 1 aliphatic rings. The van der Waals surface area contributed by atoms with Gasteiger partial charge in [0.1, 0.15) is 0 Å². The molecule has 0 fully saturated rings. The summed E-state index contributed by atoms with van der Waals surface area (Å²) in [5, 5.41) is 0. The molecule has 0 aliphatic carbocycles. The van der Waals surface area contributed by atoms with Crippen molar-refractivity contribution in [1.82, 2.24) is 0 Å². The van der Waals surface area contributed by atoms with Crippen LogP contribution in [-0.4, -0.2) is 25.5 Å². The summed E-state index contributed by atoms with van der Waals surface area (Å²) in [4.78, 5) is 16.8. The van der Waals surface area contributed by atoms with Crippen LogP contribution in [0.2, 0.25) is 0 Å². The van der Waals surface area contributed by atoms with Crippen LogP contribution in [0.1, 0.15) is 29.7 Å². The molecule has 3 unspecified atom stereocenters. The zero-order valence-corrected chi connectivity index (χ0v) is 17.7. The number of benzene rings is 2. The van der Waals surface area contributed by atoms with Crippen LogP contribution in [-0.2, 0) is 9.54 Å². The van der Waals surface area contributed by atoms with Crippen molar-refractivity contribution in [2.75, 3.05) is 0 Å². The fraction of sp³-hybridized carbons (Fsp3) is 0.222. The van der Waals surface area contributed by atoms with Gasteiger partial charge in [-0.2, -0.15) is 0 Å². The van der Waals surface area contributed by atoms with Gasteiger partial charge in [-0.3, -0.25) is 0 Å². The van der Waals surface area contributed by atoms with Crippen molar-refractivity contribution in [3.63, 3.8) is 0 Å². The van der Waals surface area contributed by atoms with Gasteiger partial charge < -0.3 is 0 Å². The van der Waals surface area contributed by atoms with Crippen molar-refractivity contribution < 1.29 is 9.18 Å². The number of aliphatic imine (C=N–C) groups is 1. The maximum absolute atomic E-state index is 13.1. The molecule has 1 amide bonds. The van der Waals surface area contributed by atoms with E-state index in [0.29, 0.717) is 4.71 Å². The van der Waals surface area contributed by atoms with Crippen molar-refractivity contribution in [2.45, 2.75) is 23.3 Å². The van der Waals surface area contributed by atoms with Crippen LogP contribution >= 0.6 is 27.7 Å². The second-order valence-corrected chi connectivity index (χ2v) is 12.3. The van der Waals surface area contributed by atoms with E-state index in [0.717, 1.165) is 19.4 Å². The number of halogens is 2. The van der Waals surface area contributed by atoms with Gasteiger partial charge in [0.2, 0.25) is 0 Å². The molecule has 1 heterocycles. The molecular formula is C18H16AsBrFNOS. The van der Waals surface area contributed by atoms with Gasteiger partial charge in [-0.15, -0.1) is 0 Å². The van der Waals surface area contributed by atoms with Crippen LogP contribution < -0.4 is 0 Å². The standard InChI is InChI=1S/C18H16AsBrFNOS/c1-11(12-3-9-15(21)10-4-12)19-17-22-16(23)18(2,24-17)13-5-7-14(20)8-6-13/h3-11,19H,1-2H3. The number of carbonyl (C=O) groups excluding carboxylic acids is 1. The molecule has 3 rings (SSSR count). The Morgan fingerprint density at radius 2 is 1.79 bits per heavy atom. The fourth-order valence-corrected chi connectivity index (χ4v) is 8.17. The van der Waals surface area contributed by atoms with Crippen molar-refractivity contribution in [3.05, 3.63) is 69.9 Å². The van der Waals surface area contributed by atoms with Gasteiger partial charge >= 0.3 is 161 Å². The Morgan fingerprint density at radius 1 is 1.17 bits per heavy atom. The molecule has 0 aromatic heterocycles. The number of rotatable bonds is 4. The van der Waals surface area contributed by atoms with Crippen LogP contribution in [0.5, 0.6) is 0 Å². The van der Waals surface area contributed by atoms with Crippen LogP contribution in [0.25, 0.3) is 0 Å². The van der Waals surface area contributed by atoms with E-state index in [1.807, 2.05) is 43.3 Å². The van der Waals surface area contributed by atoms with E-state index in [1.54, 1.807) is 11.8 Å². The van der Waals surface area contributed by atoms with Gasteiger partial charge in [0.25, 0.3) is 0 Å². The van der Waals surface area contributed by atoms with E-state index in [4.69, 9.17) is 0 Å². The monoisotopic (exact) mass is 467 g/mol. The third-order valence-corrected chi connectivity index (χ3v) is 9.26. The van der Waals surface area contributed by atoms with Crippen molar-refractivity contribution in [1.29, 1.82) is 0 Å². The zero-order chi connectivity index (χ0) is 17.3. The number of hydrogen-bond donors (Lipinski definition) is 0. The molecule has 0 radical (unpaired) electrons. The second-order valence-electron chi connectivity index (χ2n) is 5.78. The van der Waals surface area contributed by atoms with E-state index in [1.165, 1.54) is 12.1 Å². The number of amides is 1. The first kappa shape index (κ1) is 17.9. The van der Waals surface area contributed by atoms with E-state index in [2.05, 4.69) is 27.8 Å². The van der Waals surface area contributed by atoms with E-state index in [-0.39, 0.29) is 11.7 Å². The first-order valence-electron chi connectivity index (χ1n) is 7.48. The van der Waals surface area contributed by atoms with Gasteiger partial charge in [-0.05, 0) is 0 Å². The molecule has 6 heteroatoms. The first-order valence-corrected chi connectivity index (χ1v) is 11.4. The molecule has 0 saturated carbocycles. The molecular weight excluding hydrogens is 452 g/mol. The molecule has 2 nitrogen and oxygen atoms in total. The number of carbonyl (C=O) groups is 1. The molecule has 2 aromatic rings. The predicted octanol–water partition coefficient (Wildman–Crippen LogP) is 4.63.